The van der Waals surface area contributed by atoms with Gasteiger partial charge in [0.15, 0.2) is 0 Å². The molecular formula is C21H36BrClN2O3SSi. The Labute approximate surface area is 199 Å². The van der Waals surface area contributed by atoms with Gasteiger partial charge in [0.2, 0.25) is 0 Å². The topological polar surface area (TPSA) is 74.3 Å². The highest BCUT2D eigenvalue weighted by atomic mass is 79.9. The van der Waals surface area contributed by atoms with Crippen LogP contribution in [-0.4, -0.2) is 34.9 Å². The Bertz CT molecular complexity index is 735. The minimum Gasteiger partial charge on any atom is -0.598 e. The minimum atomic E-state index is -1.83. The minimum absolute atomic E-state index is 0.0236. The molecule has 0 aliphatic heterocycles. The molecule has 30 heavy (non-hydrogen) atoms. The number of aromatic nitrogens is 1. The van der Waals surface area contributed by atoms with Gasteiger partial charge in [-0.2, -0.15) is 0 Å². The Balaban J connectivity index is 3.69. The summed E-state index contributed by atoms with van der Waals surface area (Å²) in [5.74, 6) is -0.386. The van der Waals surface area contributed by atoms with Crippen molar-refractivity contribution in [2.24, 2.45) is 0 Å². The molecule has 5 nitrogen and oxygen atoms in total. The molecule has 0 aliphatic rings. The number of pyridine rings is 1. The van der Waals surface area contributed by atoms with Gasteiger partial charge < -0.3 is 9.29 Å². The van der Waals surface area contributed by atoms with Gasteiger partial charge in [0.05, 0.1) is 31.8 Å². The summed E-state index contributed by atoms with van der Waals surface area (Å²) in [6, 6.07) is 5.21. The molecule has 1 rings (SSSR count). The fourth-order valence-corrected chi connectivity index (χ4v) is 9.68. The summed E-state index contributed by atoms with van der Waals surface area (Å²) in [4.78, 5) is 17.1. The molecule has 0 saturated carbocycles. The lowest BCUT2D eigenvalue weighted by Crippen LogP contribution is -2.53. The van der Waals surface area contributed by atoms with Crippen LogP contribution in [0.4, 0.5) is 0 Å². The van der Waals surface area contributed by atoms with Crippen LogP contribution in [0.25, 0.3) is 0 Å². The van der Waals surface area contributed by atoms with Crippen molar-refractivity contribution in [3.63, 3.8) is 0 Å². The molecule has 9 heteroatoms. The first-order valence-electron chi connectivity index (χ1n) is 10.5. The summed E-state index contributed by atoms with van der Waals surface area (Å²) in [7, 11) is -1.83. The van der Waals surface area contributed by atoms with Gasteiger partial charge in [0.25, 0.3) is 0 Å². The van der Waals surface area contributed by atoms with Gasteiger partial charge in [-0.3, -0.25) is 4.79 Å². The van der Waals surface area contributed by atoms with E-state index in [0.29, 0.717) is 15.3 Å². The lowest BCUT2D eigenvalue weighted by atomic mass is 9.94. The molecule has 0 saturated heterocycles. The van der Waals surface area contributed by atoms with E-state index in [1.54, 1.807) is 6.92 Å². The van der Waals surface area contributed by atoms with E-state index >= 15 is 0 Å². The Morgan fingerprint density at radius 1 is 1.23 bits per heavy atom. The third-order valence-corrected chi connectivity index (χ3v) is 14.0. The van der Waals surface area contributed by atoms with Gasteiger partial charge in [-0.25, -0.2) is 4.98 Å². The SMILES string of the molecule is CCOC(=O)C[C@](C)(N[S+]([O-])C(C)(C)C)c1nc(Br)cc([Si](CC)(CC)CC)c1Cl. The highest BCUT2D eigenvalue weighted by Crippen LogP contribution is 2.35. The van der Waals surface area contributed by atoms with Crippen molar-refractivity contribution in [1.82, 2.24) is 9.71 Å². The largest absolute Gasteiger partial charge is 0.598 e. The molecule has 1 N–H and O–H groups in total. The molecular weight excluding hydrogens is 504 g/mol. The van der Waals surface area contributed by atoms with Gasteiger partial charge in [0.1, 0.15) is 14.9 Å². The molecule has 0 spiro atoms. The van der Waals surface area contributed by atoms with Crippen LogP contribution in [0.3, 0.4) is 0 Å². The standard InChI is InChI=1S/C21H36BrClN2O3SSi/c1-9-28-17(26)14-21(8,25-29(27)20(5,6)7)19-18(23)15(13-16(22)24-19)30(10-2,11-3)12-4/h13,25H,9-12,14H2,1-8H3/t21-,29?/m0/s1. The van der Waals surface area contributed by atoms with Gasteiger partial charge in [-0.15, -0.1) is 4.72 Å². The smallest absolute Gasteiger partial charge is 0.308 e. The molecule has 0 aromatic carbocycles. The molecule has 0 aliphatic carbocycles. The number of rotatable bonds is 10. The van der Waals surface area contributed by atoms with Crippen molar-refractivity contribution in [3.05, 3.63) is 21.4 Å². The van der Waals surface area contributed by atoms with Crippen LogP contribution in [-0.2, 0) is 26.4 Å². The van der Waals surface area contributed by atoms with Crippen LogP contribution < -0.4 is 9.91 Å². The van der Waals surface area contributed by atoms with E-state index in [2.05, 4.69) is 46.4 Å². The van der Waals surface area contributed by atoms with E-state index in [1.807, 2.05) is 33.8 Å². The number of carbonyl (C=O) groups excluding carboxylic acids is 1. The predicted molar refractivity (Wildman–Crippen MR) is 133 cm³/mol. The van der Waals surface area contributed by atoms with Crippen molar-refractivity contribution >= 4 is 58.1 Å². The van der Waals surface area contributed by atoms with Crippen LogP contribution in [0.2, 0.25) is 23.2 Å². The highest BCUT2D eigenvalue weighted by molar-refractivity contribution is 9.10. The second-order valence-corrected chi connectivity index (χ2v) is 17.2. The van der Waals surface area contributed by atoms with E-state index in [1.165, 1.54) is 0 Å². The lowest BCUT2D eigenvalue weighted by molar-refractivity contribution is -0.144. The summed E-state index contributed by atoms with van der Waals surface area (Å²) in [6.07, 6.45) is -0.0236. The van der Waals surface area contributed by atoms with E-state index in [0.717, 1.165) is 23.3 Å². The fraction of sp³-hybridized carbons (Fsp3) is 0.714. The number of halogens is 2. The Morgan fingerprint density at radius 2 is 1.77 bits per heavy atom. The molecule has 2 atom stereocenters. The maximum absolute atomic E-state index is 13.0. The zero-order valence-corrected chi connectivity index (χ0v) is 23.6. The second-order valence-electron chi connectivity index (χ2n) is 8.79. The van der Waals surface area contributed by atoms with E-state index < -0.39 is 29.7 Å². The number of nitrogens with one attached hydrogen (secondary N) is 1. The normalized spacial score (nSPS) is 15.6. The van der Waals surface area contributed by atoms with Crippen LogP contribution in [0.15, 0.2) is 10.7 Å². The number of nitrogens with zero attached hydrogens (tertiary/aromatic N) is 1. The van der Waals surface area contributed by atoms with Gasteiger partial charge in [-0.1, -0.05) is 50.5 Å². The quantitative estimate of drug-likeness (QED) is 0.186. The van der Waals surface area contributed by atoms with Crippen molar-refractivity contribution < 1.29 is 14.1 Å². The van der Waals surface area contributed by atoms with Gasteiger partial charge in [-0.05, 0) is 61.8 Å². The molecule has 0 fully saturated rings. The zero-order valence-electron chi connectivity index (χ0n) is 19.4. The van der Waals surface area contributed by atoms with Crippen LogP contribution in [0, 0.1) is 0 Å². The molecule has 0 amide bonds. The predicted octanol–water partition coefficient (Wildman–Crippen LogP) is 5.43. The van der Waals surface area contributed by atoms with Crippen molar-refractivity contribution in [2.45, 2.75) is 90.2 Å². The van der Waals surface area contributed by atoms with E-state index in [9.17, 15) is 9.35 Å². The molecule has 1 aromatic heterocycles. The van der Waals surface area contributed by atoms with Crippen LogP contribution >= 0.6 is 27.5 Å². The summed E-state index contributed by atoms with van der Waals surface area (Å²) in [5, 5.41) is 1.70. The number of hydrogen-bond acceptors (Lipinski definition) is 5. The molecule has 0 bridgehead atoms. The number of esters is 1. The van der Waals surface area contributed by atoms with E-state index in [-0.39, 0.29) is 19.0 Å². The number of carbonyl (C=O) groups is 1. The summed E-state index contributed by atoms with van der Waals surface area (Å²) in [6.45, 7) is 16.2. The first kappa shape index (κ1) is 27.9. The fourth-order valence-electron chi connectivity index (χ4n) is 3.60. The Hall–Kier alpha value is -0.123. The van der Waals surface area contributed by atoms with Gasteiger partial charge >= 0.3 is 5.97 Å². The van der Waals surface area contributed by atoms with Gasteiger partial charge in [0, 0.05) is 11.4 Å². The Kier molecular flexibility index (Phi) is 10.4. The second kappa shape index (κ2) is 11.1. The number of ether oxygens (including phenoxy) is 1. The highest BCUT2D eigenvalue weighted by Gasteiger charge is 2.43. The van der Waals surface area contributed by atoms with Crippen molar-refractivity contribution in [3.8, 4) is 0 Å². The third kappa shape index (κ3) is 6.45. The number of hydrogen-bond donors (Lipinski definition) is 1. The molecule has 1 aromatic rings. The monoisotopic (exact) mass is 538 g/mol. The first-order valence-corrected chi connectivity index (χ1v) is 15.5. The van der Waals surface area contributed by atoms with E-state index in [4.69, 9.17) is 16.3 Å². The summed E-state index contributed by atoms with van der Waals surface area (Å²) >= 11 is 9.12. The maximum Gasteiger partial charge on any atom is 0.308 e. The third-order valence-electron chi connectivity index (χ3n) is 5.73. The summed E-state index contributed by atoms with van der Waals surface area (Å²) in [5.41, 5.74) is -0.513. The summed E-state index contributed by atoms with van der Waals surface area (Å²) < 4.78 is 21.5. The molecule has 1 heterocycles. The average molecular weight is 540 g/mol. The lowest BCUT2D eigenvalue weighted by Gasteiger charge is -2.36. The molecule has 1 unspecified atom stereocenters. The zero-order chi connectivity index (χ0) is 23.3. The van der Waals surface area contributed by atoms with Crippen molar-refractivity contribution in [2.75, 3.05) is 6.61 Å². The Morgan fingerprint density at radius 3 is 2.20 bits per heavy atom. The molecule has 0 radical (unpaired) electrons. The molecule has 172 valence electrons. The van der Waals surface area contributed by atoms with Crippen molar-refractivity contribution in [1.29, 1.82) is 0 Å². The average Bonchev–Trinajstić information content (AvgIpc) is 2.65. The van der Waals surface area contributed by atoms with Crippen LogP contribution in [0.1, 0.15) is 67.5 Å². The maximum atomic E-state index is 13.0. The first-order chi connectivity index (χ1) is 13.8. The van der Waals surface area contributed by atoms with Crippen LogP contribution in [0.5, 0.6) is 0 Å².